The third kappa shape index (κ3) is 4.52. The van der Waals surface area contributed by atoms with Crippen LogP contribution in [0.3, 0.4) is 0 Å². The fourth-order valence-electron chi connectivity index (χ4n) is 4.09. The van der Waals surface area contributed by atoms with Crippen LogP contribution in [-0.4, -0.2) is 60.9 Å². The zero-order chi connectivity index (χ0) is 22.0. The van der Waals surface area contributed by atoms with E-state index in [1.165, 1.54) is 21.9 Å². The molecule has 1 aromatic heterocycles. The molecule has 2 aliphatic rings. The van der Waals surface area contributed by atoms with Gasteiger partial charge < -0.3 is 15.1 Å². The van der Waals surface area contributed by atoms with Gasteiger partial charge in [-0.25, -0.2) is 0 Å². The highest BCUT2D eigenvalue weighted by Gasteiger charge is 2.39. The van der Waals surface area contributed by atoms with Gasteiger partial charge in [-0.1, -0.05) is 26.8 Å². The second-order valence-corrected chi connectivity index (χ2v) is 9.38. The van der Waals surface area contributed by atoms with Gasteiger partial charge in [-0.2, -0.15) is 0 Å². The highest BCUT2D eigenvalue weighted by Crippen LogP contribution is 2.33. The van der Waals surface area contributed by atoms with Crippen molar-refractivity contribution in [1.29, 1.82) is 0 Å². The lowest BCUT2D eigenvalue weighted by Crippen LogP contribution is -2.46. The molecule has 2 aliphatic heterocycles. The van der Waals surface area contributed by atoms with Gasteiger partial charge in [-0.05, 0) is 48.2 Å². The first-order valence-electron chi connectivity index (χ1n) is 11.0. The Morgan fingerprint density at radius 1 is 1.00 bits per heavy atom. The van der Waals surface area contributed by atoms with Crippen molar-refractivity contribution in [1.82, 2.24) is 9.80 Å². The molecular formula is C24H30N4O2S. The molecule has 7 heteroatoms. The number of hydrogen-bond acceptors (Lipinski definition) is 6. The van der Waals surface area contributed by atoms with E-state index in [9.17, 15) is 9.59 Å². The maximum absolute atomic E-state index is 13.1. The lowest BCUT2D eigenvalue weighted by molar-refractivity contribution is -0.137. The number of benzene rings is 1. The van der Waals surface area contributed by atoms with E-state index in [2.05, 4.69) is 34.2 Å². The summed E-state index contributed by atoms with van der Waals surface area (Å²) in [4.78, 5) is 33.2. The van der Waals surface area contributed by atoms with Crippen LogP contribution in [0.15, 0.2) is 47.5 Å². The molecule has 0 radical (unpaired) electrons. The maximum atomic E-state index is 13.1. The molecule has 0 aliphatic carbocycles. The zero-order valence-corrected chi connectivity index (χ0v) is 19.2. The summed E-state index contributed by atoms with van der Waals surface area (Å²) < 4.78 is 0. The van der Waals surface area contributed by atoms with Crippen molar-refractivity contribution >= 4 is 40.1 Å². The van der Waals surface area contributed by atoms with Crippen molar-refractivity contribution in [2.45, 2.75) is 20.8 Å². The summed E-state index contributed by atoms with van der Waals surface area (Å²) in [6, 6.07) is 11.9. The number of thiophene rings is 1. The number of imide groups is 1. The minimum Gasteiger partial charge on any atom is -0.369 e. The van der Waals surface area contributed by atoms with Gasteiger partial charge in [0.2, 0.25) is 0 Å². The van der Waals surface area contributed by atoms with Gasteiger partial charge in [0.25, 0.3) is 11.8 Å². The van der Waals surface area contributed by atoms with E-state index >= 15 is 0 Å². The van der Waals surface area contributed by atoms with E-state index in [0.717, 1.165) is 43.3 Å². The van der Waals surface area contributed by atoms with E-state index in [1.807, 2.05) is 43.5 Å². The fourth-order valence-corrected chi connectivity index (χ4v) is 4.86. The Balaban J connectivity index is 1.55. The minimum absolute atomic E-state index is 0.212. The molecule has 2 amide bonds. The number of piperazine rings is 1. The van der Waals surface area contributed by atoms with Crippen LogP contribution in [0.1, 0.15) is 25.6 Å². The Morgan fingerprint density at radius 3 is 2.29 bits per heavy atom. The number of anilines is 2. The van der Waals surface area contributed by atoms with Crippen LogP contribution in [0, 0.1) is 5.92 Å². The smallest absolute Gasteiger partial charge is 0.278 e. The molecule has 1 aromatic carbocycles. The Hall–Kier alpha value is -2.64. The van der Waals surface area contributed by atoms with Gasteiger partial charge in [-0.15, -0.1) is 11.3 Å². The van der Waals surface area contributed by atoms with Crippen LogP contribution >= 0.6 is 11.3 Å². The summed E-state index contributed by atoms with van der Waals surface area (Å²) in [5.74, 6) is -0.250. The molecule has 1 fully saturated rings. The number of likely N-dealkylation sites (N-methyl/N-ethyl adjacent to an activating group) is 1. The van der Waals surface area contributed by atoms with Crippen molar-refractivity contribution < 1.29 is 9.59 Å². The van der Waals surface area contributed by atoms with Crippen LogP contribution < -0.4 is 10.2 Å². The number of hydrogen-bond donors (Lipinski definition) is 1. The SMILES string of the molecule is CCN1CCN(c2ccc(NC3=C(c4cccs4)C(=O)N(CC(C)C)C3=O)cc2)CC1. The molecule has 164 valence electrons. The molecule has 6 nitrogen and oxygen atoms in total. The third-order valence-electron chi connectivity index (χ3n) is 5.80. The first kappa shape index (κ1) is 21.6. The molecule has 0 unspecified atom stereocenters. The van der Waals surface area contributed by atoms with Crippen molar-refractivity contribution in [3.05, 3.63) is 52.4 Å². The molecule has 0 bridgehead atoms. The Kier molecular flexibility index (Phi) is 6.43. The normalized spacial score (nSPS) is 17.9. The lowest BCUT2D eigenvalue weighted by Gasteiger charge is -2.35. The molecule has 1 N–H and O–H groups in total. The third-order valence-corrected chi connectivity index (χ3v) is 6.69. The van der Waals surface area contributed by atoms with Gasteiger partial charge in [0.1, 0.15) is 5.70 Å². The van der Waals surface area contributed by atoms with E-state index < -0.39 is 0 Å². The van der Waals surface area contributed by atoms with Crippen LogP contribution in [0.5, 0.6) is 0 Å². The molecular weight excluding hydrogens is 408 g/mol. The van der Waals surface area contributed by atoms with Gasteiger partial charge in [0, 0.05) is 49.0 Å². The van der Waals surface area contributed by atoms with Crippen LogP contribution in [-0.2, 0) is 9.59 Å². The van der Waals surface area contributed by atoms with Crippen LogP contribution in [0.2, 0.25) is 0 Å². The highest BCUT2D eigenvalue weighted by molar-refractivity contribution is 7.11. The van der Waals surface area contributed by atoms with Gasteiger partial charge in [0.15, 0.2) is 0 Å². The summed E-state index contributed by atoms with van der Waals surface area (Å²) in [6.45, 7) is 11.9. The number of rotatable bonds is 7. The first-order valence-corrected chi connectivity index (χ1v) is 11.8. The fraction of sp³-hybridized carbons (Fsp3) is 0.417. The topological polar surface area (TPSA) is 55.9 Å². The molecule has 3 heterocycles. The predicted molar refractivity (Wildman–Crippen MR) is 127 cm³/mol. The predicted octanol–water partition coefficient (Wildman–Crippen LogP) is 3.74. The summed E-state index contributed by atoms with van der Waals surface area (Å²) in [6.07, 6.45) is 0. The standard InChI is InChI=1S/C24H30N4O2S/c1-4-26-11-13-27(14-12-26)19-9-7-18(8-10-19)25-22-21(20-6-5-15-31-20)23(29)28(24(22)30)16-17(2)3/h5-10,15,17,25H,4,11-14,16H2,1-3H3. The van der Waals surface area contributed by atoms with Crippen molar-refractivity contribution in [3.63, 3.8) is 0 Å². The van der Waals surface area contributed by atoms with Gasteiger partial charge >= 0.3 is 0 Å². The quantitative estimate of drug-likeness (QED) is 0.668. The van der Waals surface area contributed by atoms with Gasteiger partial charge in [-0.3, -0.25) is 14.5 Å². The molecule has 2 aromatic rings. The second kappa shape index (κ2) is 9.24. The lowest BCUT2D eigenvalue weighted by atomic mass is 10.1. The van der Waals surface area contributed by atoms with Crippen molar-refractivity contribution in [2.24, 2.45) is 5.92 Å². The Bertz CT molecular complexity index is 958. The first-order chi connectivity index (χ1) is 15.0. The summed E-state index contributed by atoms with van der Waals surface area (Å²) in [5.41, 5.74) is 2.84. The summed E-state index contributed by atoms with van der Waals surface area (Å²) >= 11 is 1.48. The average molecular weight is 439 g/mol. The Labute approximate surface area is 188 Å². The second-order valence-electron chi connectivity index (χ2n) is 8.44. The maximum Gasteiger partial charge on any atom is 0.278 e. The van der Waals surface area contributed by atoms with Gasteiger partial charge in [0.05, 0.1) is 5.57 Å². The van der Waals surface area contributed by atoms with E-state index in [1.54, 1.807) is 0 Å². The zero-order valence-electron chi connectivity index (χ0n) is 18.4. The average Bonchev–Trinajstić information content (AvgIpc) is 3.37. The molecule has 31 heavy (non-hydrogen) atoms. The molecule has 0 spiro atoms. The number of nitrogens with zero attached hydrogens (tertiary/aromatic N) is 3. The number of carbonyl (C=O) groups is 2. The number of nitrogens with one attached hydrogen (secondary N) is 1. The number of amides is 2. The van der Waals surface area contributed by atoms with E-state index in [-0.39, 0.29) is 17.7 Å². The highest BCUT2D eigenvalue weighted by atomic mass is 32.1. The van der Waals surface area contributed by atoms with E-state index in [0.29, 0.717) is 17.8 Å². The minimum atomic E-state index is -0.248. The van der Waals surface area contributed by atoms with Crippen molar-refractivity contribution in [2.75, 3.05) is 49.5 Å². The monoisotopic (exact) mass is 438 g/mol. The molecule has 4 rings (SSSR count). The number of carbonyl (C=O) groups excluding carboxylic acids is 2. The summed E-state index contributed by atoms with van der Waals surface area (Å²) in [5, 5.41) is 5.18. The Morgan fingerprint density at radius 2 is 1.71 bits per heavy atom. The van der Waals surface area contributed by atoms with Crippen LogP contribution in [0.25, 0.3) is 5.57 Å². The van der Waals surface area contributed by atoms with Crippen LogP contribution in [0.4, 0.5) is 11.4 Å². The van der Waals surface area contributed by atoms with Crippen molar-refractivity contribution in [3.8, 4) is 0 Å². The molecule has 1 saturated heterocycles. The summed E-state index contributed by atoms with van der Waals surface area (Å²) in [7, 11) is 0. The largest absolute Gasteiger partial charge is 0.369 e. The molecule has 0 saturated carbocycles. The van der Waals surface area contributed by atoms with E-state index in [4.69, 9.17) is 0 Å². The molecule has 0 atom stereocenters.